The minimum atomic E-state index is 0.0719. The van der Waals surface area contributed by atoms with Crippen LogP contribution in [0.25, 0.3) is 0 Å². The van der Waals surface area contributed by atoms with Gasteiger partial charge in [-0.05, 0) is 30.2 Å². The number of rotatable bonds is 10. The van der Waals surface area contributed by atoms with Crippen LogP contribution in [-0.4, -0.2) is 61.5 Å². The number of nitrogens with one attached hydrogen (secondary N) is 1. The Labute approximate surface area is 163 Å². The van der Waals surface area contributed by atoms with Crippen molar-refractivity contribution in [1.82, 2.24) is 15.1 Å². The quantitative estimate of drug-likeness (QED) is 0.589. The summed E-state index contributed by atoms with van der Waals surface area (Å²) in [4.78, 5) is 17.0. The molecule has 0 unspecified atom stereocenters. The molecule has 0 radical (unpaired) electrons. The second kappa shape index (κ2) is 11.3. The van der Waals surface area contributed by atoms with E-state index >= 15 is 0 Å². The van der Waals surface area contributed by atoms with Gasteiger partial charge in [0.25, 0.3) is 0 Å². The van der Waals surface area contributed by atoms with Gasteiger partial charge in [-0.15, -0.1) is 0 Å². The van der Waals surface area contributed by atoms with Crippen molar-refractivity contribution >= 4 is 5.91 Å². The SMILES string of the molecule is CC(C)(C)CCCCCCN1CCN(CCNC(=O)CC(C)(C)C)CC1. The van der Waals surface area contributed by atoms with Crippen molar-refractivity contribution in [3.8, 4) is 0 Å². The van der Waals surface area contributed by atoms with Crippen LogP contribution in [0.15, 0.2) is 0 Å². The molecule has 1 N–H and O–H groups in total. The molecule has 0 bridgehead atoms. The Morgan fingerprint density at radius 3 is 1.85 bits per heavy atom. The Bertz CT molecular complexity index is 387. The van der Waals surface area contributed by atoms with E-state index in [1.807, 2.05) is 0 Å². The number of hydrogen-bond donors (Lipinski definition) is 1. The Hall–Kier alpha value is -0.610. The number of carbonyl (C=O) groups excluding carboxylic acids is 1. The minimum absolute atomic E-state index is 0.0719. The first kappa shape index (κ1) is 23.4. The van der Waals surface area contributed by atoms with E-state index in [1.54, 1.807) is 0 Å². The van der Waals surface area contributed by atoms with Crippen LogP contribution in [0.4, 0.5) is 0 Å². The zero-order chi connectivity index (χ0) is 19.6. The van der Waals surface area contributed by atoms with Gasteiger partial charge in [0.2, 0.25) is 5.91 Å². The highest BCUT2D eigenvalue weighted by Crippen LogP contribution is 2.22. The molecule has 0 aromatic carbocycles. The Morgan fingerprint density at radius 2 is 1.31 bits per heavy atom. The summed E-state index contributed by atoms with van der Waals surface area (Å²) in [5.41, 5.74) is 0.561. The van der Waals surface area contributed by atoms with Crippen LogP contribution in [0.2, 0.25) is 0 Å². The first-order chi connectivity index (χ1) is 12.1. The monoisotopic (exact) mass is 367 g/mol. The summed E-state index contributed by atoms with van der Waals surface area (Å²) in [7, 11) is 0. The van der Waals surface area contributed by atoms with Crippen molar-refractivity contribution in [2.75, 3.05) is 45.8 Å². The van der Waals surface area contributed by atoms with Crippen LogP contribution in [0.1, 0.15) is 80.1 Å². The summed E-state index contributed by atoms with van der Waals surface area (Å²) < 4.78 is 0. The molecule has 0 aromatic heterocycles. The molecule has 1 aliphatic rings. The molecular formula is C22H45N3O. The van der Waals surface area contributed by atoms with Crippen LogP contribution in [-0.2, 0) is 4.79 Å². The maximum Gasteiger partial charge on any atom is 0.220 e. The van der Waals surface area contributed by atoms with Gasteiger partial charge in [0.05, 0.1) is 0 Å². The predicted octanol–water partition coefficient (Wildman–Crippen LogP) is 4.15. The minimum Gasteiger partial charge on any atom is -0.355 e. The average Bonchev–Trinajstić information content (AvgIpc) is 2.49. The van der Waals surface area contributed by atoms with Gasteiger partial charge in [0.15, 0.2) is 0 Å². The lowest BCUT2D eigenvalue weighted by Crippen LogP contribution is -2.48. The van der Waals surface area contributed by atoms with Gasteiger partial charge < -0.3 is 10.2 Å². The number of hydrogen-bond acceptors (Lipinski definition) is 3. The van der Waals surface area contributed by atoms with Crippen LogP contribution in [0.3, 0.4) is 0 Å². The fourth-order valence-corrected chi connectivity index (χ4v) is 3.48. The third kappa shape index (κ3) is 12.7. The van der Waals surface area contributed by atoms with Gasteiger partial charge >= 0.3 is 0 Å². The molecule has 0 saturated carbocycles. The largest absolute Gasteiger partial charge is 0.355 e. The van der Waals surface area contributed by atoms with Crippen molar-refractivity contribution in [3.05, 3.63) is 0 Å². The van der Waals surface area contributed by atoms with Crippen molar-refractivity contribution in [2.24, 2.45) is 10.8 Å². The van der Waals surface area contributed by atoms with E-state index in [2.05, 4.69) is 56.7 Å². The van der Waals surface area contributed by atoms with Gasteiger partial charge in [0.1, 0.15) is 0 Å². The molecule has 1 aliphatic heterocycles. The summed E-state index contributed by atoms with van der Waals surface area (Å²) in [6.07, 6.45) is 7.42. The van der Waals surface area contributed by atoms with E-state index in [-0.39, 0.29) is 11.3 Å². The zero-order valence-electron chi connectivity index (χ0n) is 18.5. The topological polar surface area (TPSA) is 35.6 Å². The van der Waals surface area contributed by atoms with Crippen LogP contribution >= 0.6 is 0 Å². The van der Waals surface area contributed by atoms with Gasteiger partial charge in [-0.25, -0.2) is 0 Å². The van der Waals surface area contributed by atoms with Crippen molar-refractivity contribution in [2.45, 2.75) is 80.1 Å². The van der Waals surface area contributed by atoms with Crippen molar-refractivity contribution < 1.29 is 4.79 Å². The molecule has 0 aromatic rings. The summed E-state index contributed by atoms with van der Waals surface area (Å²) >= 11 is 0. The van der Waals surface area contributed by atoms with E-state index in [9.17, 15) is 4.79 Å². The predicted molar refractivity (Wildman–Crippen MR) is 113 cm³/mol. The van der Waals surface area contributed by atoms with E-state index in [0.717, 1.165) is 26.2 Å². The maximum atomic E-state index is 11.9. The molecule has 0 spiro atoms. The van der Waals surface area contributed by atoms with E-state index in [4.69, 9.17) is 0 Å². The molecule has 1 amide bonds. The van der Waals surface area contributed by atoms with Crippen LogP contribution in [0, 0.1) is 10.8 Å². The normalized spacial score (nSPS) is 17.5. The molecule has 1 heterocycles. The smallest absolute Gasteiger partial charge is 0.220 e. The van der Waals surface area contributed by atoms with E-state index in [1.165, 1.54) is 51.7 Å². The van der Waals surface area contributed by atoms with E-state index in [0.29, 0.717) is 11.8 Å². The van der Waals surface area contributed by atoms with Gasteiger partial charge in [-0.2, -0.15) is 0 Å². The molecule has 0 aliphatic carbocycles. The fraction of sp³-hybridized carbons (Fsp3) is 0.955. The molecule has 154 valence electrons. The molecule has 1 saturated heterocycles. The highest BCUT2D eigenvalue weighted by atomic mass is 16.1. The number of amides is 1. The second-order valence-corrected chi connectivity index (χ2v) is 10.5. The van der Waals surface area contributed by atoms with Gasteiger partial charge in [0, 0.05) is 45.7 Å². The lowest BCUT2D eigenvalue weighted by molar-refractivity contribution is -0.122. The number of nitrogens with zero attached hydrogens (tertiary/aromatic N) is 2. The summed E-state index contributed by atoms with van der Waals surface area (Å²) in [6.45, 7) is 21.0. The third-order valence-corrected chi connectivity index (χ3v) is 5.06. The fourth-order valence-electron chi connectivity index (χ4n) is 3.48. The van der Waals surface area contributed by atoms with Crippen LogP contribution in [0.5, 0.6) is 0 Å². The second-order valence-electron chi connectivity index (χ2n) is 10.5. The number of unbranched alkanes of at least 4 members (excludes halogenated alkanes) is 3. The standard InChI is InChI=1S/C22H45N3O/c1-21(2,3)11-9-7-8-10-13-24-15-17-25(18-16-24)14-12-23-20(26)19-22(4,5)6/h7-19H2,1-6H3,(H,23,26). The maximum absolute atomic E-state index is 11.9. The van der Waals surface area contributed by atoms with Gasteiger partial charge in [-0.3, -0.25) is 9.69 Å². The molecule has 1 fully saturated rings. The molecule has 4 nitrogen and oxygen atoms in total. The molecule has 0 atom stereocenters. The van der Waals surface area contributed by atoms with Gasteiger partial charge in [-0.1, -0.05) is 60.8 Å². The summed E-state index contributed by atoms with van der Waals surface area (Å²) in [5, 5.41) is 3.07. The lowest BCUT2D eigenvalue weighted by atomic mass is 9.89. The summed E-state index contributed by atoms with van der Waals surface area (Å²) in [6, 6.07) is 0. The summed E-state index contributed by atoms with van der Waals surface area (Å²) in [5.74, 6) is 0.183. The average molecular weight is 368 g/mol. The molecular weight excluding hydrogens is 322 g/mol. The zero-order valence-corrected chi connectivity index (χ0v) is 18.5. The number of piperazine rings is 1. The first-order valence-corrected chi connectivity index (χ1v) is 10.8. The lowest BCUT2D eigenvalue weighted by Gasteiger charge is -2.34. The third-order valence-electron chi connectivity index (χ3n) is 5.06. The van der Waals surface area contributed by atoms with E-state index < -0.39 is 0 Å². The van der Waals surface area contributed by atoms with Crippen molar-refractivity contribution in [3.63, 3.8) is 0 Å². The van der Waals surface area contributed by atoms with Crippen LogP contribution < -0.4 is 5.32 Å². The Kier molecular flexibility index (Phi) is 10.2. The molecule has 26 heavy (non-hydrogen) atoms. The molecule has 1 rings (SSSR count). The number of carbonyl (C=O) groups is 1. The highest BCUT2D eigenvalue weighted by molar-refractivity contribution is 5.76. The Balaban J connectivity index is 2.01. The first-order valence-electron chi connectivity index (χ1n) is 10.8. The van der Waals surface area contributed by atoms with Crippen molar-refractivity contribution in [1.29, 1.82) is 0 Å². The molecule has 4 heteroatoms. The highest BCUT2D eigenvalue weighted by Gasteiger charge is 2.18. The Morgan fingerprint density at radius 1 is 0.769 bits per heavy atom.